The summed E-state index contributed by atoms with van der Waals surface area (Å²) in [5.41, 5.74) is 0. The highest BCUT2D eigenvalue weighted by atomic mass is 79.9. The summed E-state index contributed by atoms with van der Waals surface area (Å²) in [6, 6.07) is 0. The van der Waals surface area contributed by atoms with Gasteiger partial charge in [0, 0.05) is 18.5 Å². The van der Waals surface area contributed by atoms with Gasteiger partial charge in [-0.25, -0.2) is 0 Å². The van der Waals surface area contributed by atoms with Crippen LogP contribution in [0.25, 0.3) is 0 Å². The van der Waals surface area contributed by atoms with Crippen molar-refractivity contribution in [3.63, 3.8) is 0 Å². The van der Waals surface area contributed by atoms with Gasteiger partial charge in [0.1, 0.15) is 0 Å². The van der Waals surface area contributed by atoms with E-state index >= 15 is 0 Å². The number of nitrogens with zero attached hydrogens (tertiary/aromatic N) is 1. The predicted molar refractivity (Wildman–Crippen MR) is 61.6 cm³/mol. The lowest BCUT2D eigenvalue weighted by molar-refractivity contribution is 0.106. The largest absolute Gasteiger partial charge is 0.380 e. The lowest BCUT2D eigenvalue weighted by Crippen LogP contribution is -2.28. The molecule has 0 aliphatic carbocycles. The van der Waals surface area contributed by atoms with Gasteiger partial charge in [0.05, 0.1) is 6.61 Å². The lowest BCUT2D eigenvalue weighted by Gasteiger charge is -2.19. The number of halogens is 1. The minimum Gasteiger partial charge on any atom is -0.380 e. The molecule has 0 heterocycles. The summed E-state index contributed by atoms with van der Waals surface area (Å²) in [6.45, 7) is 9.50. The first-order valence-corrected chi connectivity index (χ1v) is 6.33. The number of ether oxygens (including phenoxy) is 1. The molecule has 0 amide bonds. The Morgan fingerprint density at radius 2 is 1.92 bits per heavy atom. The third kappa shape index (κ3) is 8.72. The summed E-state index contributed by atoms with van der Waals surface area (Å²) in [4.78, 5) is 2.43. The molecule has 0 saturated heterocycles. The molecule has 0 aromatic rings. The number of rotatable bonds is 9. The fourth-order valence-corrected chi connectivity index (χ4v) is 1.40. The van der Waals surface area contributed by atoms with E-state index in [1.54, 1.807) is 0 Å². The first kappa shape index (κ1) is 13.4. The second kappa shape index (κ2) is 10.5. The Balaban J connectivity index is 3.25. The van der Waals surface area contributed by atoms with E-state index in [1.807, 2.05) is 0 Å². The summed E-state index contributed by atoms with van der Waals surface area (Å²) in [5, 5.41) is 1.10. The number of alkyl halides is 1. The van der Waals surface area contributed by atoms with Gasteiger partial charge >= 0.3 is 0 Å². The van der Waals surface area contributed by atoms with E-state index in [-0.39, 0.29) is 0 Å². The standard InChI is InChI=1S/C10H22BrNO/c1-3-9-13-10-8-12(4-2)7-5-6-11/h3-10H2,1-2H3. The lowest BCUT2D eigenvalue weighted by atomic mass is 10.4. The van der Waals surface area contributed by atoms with Crippen LogP contribution in [0.2, 0.25) is 0 Å². The summed E-state index contributed by atoms with van der Waals surface area (Å²) in [6.07, 6.45) is 2.34. The minimum atomic E-state index is 0.879. The molecule has 0 aromatic heterocycles. The third-order valence-corrected chi connectivity index (χ3v) is 2.52. The van der Waals surface area contributed by atoms with Crippen LogP contribution in [-0.4, -0.2) is 43.1 Å². The molecule has 0 atom stereocenters. The van der Waals surface area contributed by atoms with Gasteiger partial charge in [0.2, 0.25) is 0 Å². The van der Waals surface area contributed by atoms with Crippen molar-refractivity contribution < 1.29 is 4.74 Å². The van der Waals surface area contributed by atoms with Crippen LogP contribution in [0.1, 0.15) is 26.7 Å². The molecular weight excluding hydrogens is 230 g/mol. The van der Waals surface area contributed by atoms with E-state index in [0.717, 1.165) is 38.1 Å². The maximum absolute atomic E-state index is 5.44. The van der Waals surface area contributed by atoms with Crippen LogP contribution in [0.3, 0.4) is 0 Å². The van der Waals surface area contributed by atoms with Crippen LogP contribution >= 0.6 is 15.9 Å². The van der Waals surface area contributed by atoms with Crippen molar-refractivity contribution in [1.82, 2.24) is 4.90 Å². The van der Waals surface area contributed by atoms with E-state index in [9.17, 15) is 0 Å². The van der Waals surface area contributed by atoms with Crippen molar-refractivity contribution in [2.75, 3.05) is 38.2 Å². The number of hydrogen-bond acceptors (Lipinski definition) is 2. The highest BCUT2D eigenvalue weighted by Gasteiger charge is 2.00. The quantitative estimate of drug-likeness (QED) is 0.462. The highest BCUT2D eigenvalue weighted by molar-refractivity contribution is 9.09. The van der Waals surface area contributed by atoms with Gasteiger partial charge in [-0.3, -0.25) is 0 Å². The molecule has 2 nitrogen and oxygen atoms in total. The molecule has 0 spiro atoms. The second-order valence-electron chi connectivity index (χ2n) is 3.09. The average Bonchev–Trinajstić information content (AvgIpc) is 2.17. The number of hydrogen-bond donors (Lipinski definition) is 0. The van der Waals surface area contributed by atoms with E-state index in [4.69, 9.17) is 4.74 Å². The van der Waals surface area contributed by atoms with E-state index in [0.29, 0.717) is 0 Å². The smallest absolute Gasteiger partial charge is 0.0593 e. The Bertz CT molecular complexity index is 101. The van der Waals surface area contributed by atoms with E-state index < -0.39 is 0 Å². The molecule has 0 unspecified atom stereocenters. The summed E-state index contributed by atoms with van der Waals surface area (Å²) in [7, 11) is 0. The molecule has 0 aliphatic rings. The van der Waals surface area contributed by atoms with E-state index in [2.05, 4.69) is 34.7 Å². The van der Waals surface area contributed by atoms with Gasteiger partial charge < -0.3 is 9.64 Å². The van der Waals surface area contributed by atoms with Gasteiger partial charge in [-0.1, -0.05) is 29.8 Å². The third-order valence-electron chi connectivity index (χ3n) is 1.96. The molecule has 0 N–H and O–H groups in total. The molecule has 0 aromatic carbocycles. The Morgan fingerprint density at radius 3 is 2.46 bits per heavy atom. The molecule has 0 rings (SSSR count). The first-order valence-electron chi connectivity index (χ1n) is 5.21. The monoisotopic (exact) mass is 251 g/mol. The molecule has 0 fully saturated rings. The Kier molecular flexibility index (Phi) is 10.8. The fraction of sp³-hybridized carbons (Fsp3) is 1.00. The molecule has 0 radical (unpaired) electrons. The minimum absolute atomic E-state index is 0.879. The predicted octanol–water partition coefficient (Wildman–Crippen LogP) is 2.52. The Hall–Kier alpha value is 0.400. The van der Waals surface area contributed by atoms with Crippen LogP contribution in [0, 0.1) is 0 Å². The van der Waals surface area contributed by atoms with Gasteiger partial charge in [0.15, 0.2) is 0 Å². The average molecular weight is 252 g/mol. The number of likely N-dealkylation sites (N-methyl/N-ethyl adjacent to an activating group) is 1. The molecule has 13 heavy (non-hydrogen) atoms. The van der Waals surface area contributed by atoms with Crippen molar-refractivity contribution in [3.8, 4) is 0 Å². The Morgan fingerprint density at radius 1 is 1.15 bits per heavy atom. The van der Waals surface area contributed by atoms with Crippen LogP contribution in [-0.2, 0) is 4.74 Å². The molecule has 3 heteroatoms. The van der Waals surface area contributed by atoms with Gasteiger partial charge in [-0.15, -0.1) is 0 Å². The zero-order valence-corrected chi connectivity index (χ0v) is 10.5. The van der Waals surface area contributed by atoms with Crippen molar-refractivity contribution in [2.24, 2.45) is 0 Å². The van der Waals surface area contributed by atoms with Gasteiger partial charge in [-0.2, -0.15) is 0 Å². The van der Waals surface area contributed by atoms with Crippen molar-refractivity contribution in [2.45, 2.75) is 26.7 Å². The second-order valence-corrected chi connectivity index (χ2v) is 3.88. The molecule has 0 saturated carbocycles. The molecule has 80 valence electrons. The van der Waals surface area contributed by atoms with Crippen LogP contribution < -0.4 is 0 Å². The van der Waals surface area contributed by atoms with Crippen molar-refractivity contribution in [1.29, 1.82) is 0 Å². The van der Waals surface area contributed by atoms with Crippen molar-refractivity contribution in [3.05, 3.63) is 0 Å². The maximum Gasteiger partial charge on any atom is 0.0593 e. The van der Waals surface area contributed by atoms with Crippen LogP contribution in [0.4, 0.5) is 0 Å². The zero-order valence-electron chi connectivity index (χ0n) is 8.89. The van der Waals surface area contributed by atoms with E-state index in [1.165, 1.54) is 13.0 Å². The SMILES string of the molecule is CCCOCCN(CC)CCCBr. The molecule has 0 aliphatic heterocycles. The topological polar surface area (TPSA) is 12.5 Å². The maximum atomic E-state index is 5.44. The van der Waals surface area contributed by atoms with Crippen molar-refractivity contribution >= 4 is 15.9 Å². The zero-order chi connectivity index (χ0) is 9.94. The summed E-state index contributed by atoms with van der Waals surface area (Å²) < 4.78 is 5.44. The highest BCUT2D eigenvalue weighted by Crippen LogP contribution is 1.94. The van der Waals surface area contributed by atoms with Crippen LogP contribution in [0.15, 0.2) is 0 Å². The van der Waals surface area contributed by atoms with Crippen LogP contribution in [0.5, 0.6) is 0 Å². The summed E-state index contributed by atoms with van der Waals surface area (Å²) >= 11 is 3.44. The molecule has 0 bridgehead atoms. The Labute approximate surface area is 90.8 Å². The van der Waals surface area contributed by atoms with Gasteiger partial charge in [0.25, 0.3) is 0 Å². The normalized spacial score (nSPS) is 11.1. The fourth-order valence-electron chi connectivity index (χ4n) is 1.15. The first-order chi connectivity index (χ1) is 6.35. The summed E-state index contributed by atoms with van der Waals surface area (Å²) in [5.74, 6) is 0. The molecular formula is C10H22BrNO. The van der Waals surface area contributed by atoms with Gasteiger partial charge in [-0.05, 0) is 25.9 Å².